The van der Waals surface area contributed by atoms with Gasteiger partial charge in [-0.1, -0.05) is 0 Å². The number of aryl methyl sites for hydroxylation is 1. The molecule has 1 amide bonds. The summed E-state index contributed by atoms with van der Waals surface area (Å²) in [5.41, 5.74) is -0.0848. The first-order chi connectivity index (χ1) is 15.0. The van der Waals surface area contributed by atoms with Crippen LogP contribution >= 0.6 is 0 Å². The Hall–Kier alpha value is -3.88. The molecule has 3 heterocycles. The topological polar surface area (TPSA) is 97.8 Å². The summed E-state index contributed by atoms with van der Waals surface area (Å²) in [7, 11) is 1.32. The fourth-order valence-electron chi connectivity index (χ4n) is 3.67. The number of imidazole rings is 1. The van der Waals surface area contributed by atoms with Gasteiger partial charge in [0.2, 0.25) is 0 Å². The summed E-state index contributed by atoms with van der Waals surface area (Å²) < 4.78 is 26.4. The highest BCUT2D eigenvalue weighted by atomic mass is 19.1. The van der Waals surface area contributed by atoms with E-state index in [1.807, 2.05) is 4.57 Å². The smallest absolute Gasteiger partial charge is 0.295 e. The number of benzene rings is 1. The lowest BCUT2D eigenvalue weighted by Gasteiger charge is -2.23. The number of hydrogen-bond acceptors (Lipinski definition) is 6. The van der Waals surface area contributed by atoms with Crippen LogP contribution in [0.2, 0.25) is 0 Å². The van der Waals surface area contributed by atoms with Crippen molar-refractivity contribution in [3.8, 4) is 5.75 Å². The Balaban J connectivity index is 1.70. The molecule has 1 aliphatic rings. The number of carbonyl (C=O) groups excluding carboxylic acids is 2. The van der Waals surface area contributed by atoms with E-state index in [-0.39, 0.29) is 23.4 Å². The third-order valence-electron chi connectivity index (χ3n) is 5.15. The molecule has 1 saturated heterocycles. The minimum absolute atomic E-state index is 0.000845. The fourth-order valence-corrected chi connectivity index (χ4v) is 3.67. The van der Waals surface area contributed by atoms with Crippen molar-refractivity contribution in [2.75, 3.05) is 13.7 Å². The van der Waals surface area contributed by atoms with E-state index in [2.05, 4.69) is 4.98 Å². The maximum absolute atomic E-state index is 14.2. The number of carbonyl (C=O) groups is 2. The van der Waals surface area contributed by atoms with E-state index >= 15 is 0 Å². The lowest BCUT2D eigenvalue weighted by molar-refractivity contribution is -0.140. The van der Waals surface area contributed by atoms with Gasteiger partial charge in [-0.2, -0.15) is 0 Å². The van der Waals surface area contributed by atoms with Crippen molar-refractivity contribution in [2.24, 2.45) is 0 Å². The Morgan fingerprint density at radius 1 is 1.29 bits per heavy atom. The minimum atomic E-state index is -0.914. The van der Waals surface area contributed by atoms with E-state index in [0.29, 0.717) is 18.7 Å². The molecule has 3 aromatic rings. The Bertz CT molecular complexity index is 1120. The van der Waals surface area contributed by atoms with Gasteiger partial charge in [0.05, 0.1) is 25.3 Å². The molecule has 0 radical (unpaired) electrons. The highest BCUT2D eigenvalue weighted by Crippen LogP contribution is 2.40. The van der Waals surface area contributed by atoms with E-state index in [4.69, 9.17) is 9.15 Å². The lowest BCUT2D eigenvalue weighted by Crippen LogP contribution is -2.31. The molecule has 0 aliphatic carbocycles. The van der Waals surface area contributed by atoms with E-state index in [1.54, 1.807) is 30.9 Å². The van der Waals surface area contributed by atoms with Crippen LogP contribution in [-0.4, -0.2) is 44.9 Å². The van der Waals surface area contributed by atoms with Crippen molar-refractivity contribution >= 4 is 17.4 Å². The number of halogens is 1. The highest BCUT2D eigenvalue weighted by molar-refractivity contribution is 6.46. The number of Topliss-reactive ketones (excluding diaryl/α,β-unsaturated/α-hetero) is 1. The normalized spacial score (nSPS) is 18.0. The average Bonchev–Trinajstić information content (AvgIpc) is 3.52. The zero-order valence-corrected chi connectivity index (χ0v) is 16.7. The molecule has 8 nitrogen and oxygen atoms in total. The molecule has 2 aromatic heterocycles. The van der Waals surface area contributed by atoms with Crippen LogP contribution in [-0.2, 0) is 16.1 Å². The van der Waals surface area contributed by atoms with Crippen LogP contribution in [0.4, 0.5) is 4.39 Å². The number of methoxy groups -OCH3 is 1. The Kier molecular flexibility index (Phi) is 5.57. The van der Waals surface area contributed by atoms with Gasteiger partial charge in [-0.15, -0.1) is 0 Å². The second kappa shape index (κ2) is 8.47. The van der Waals surface area contributed by atoms with Gasteiger partial charge in [0.25, 0.3) is 11.7 Å². The van der Waals surface area contributed by atoms with Crippen LogP contribution in [0.15, 0.2) is 65.3 Å². The molecule has 160 valence electrons. The second-order valence-electron chi connectivity index (χ2n) is 7.01. The van der Waals surface area contributed by atoms with Crippen molar-refractivity contribution in [1.82, 2.24) is 14.5 Å². The first kappa shape index (κ1) is 20.4. The van der Waals surface area contributed by atoms with Gasteiger partial charge in [0.1, 0.15) is 17.6 Å². The fraction of sp³-hybridized carbons (Fsp3) is 0.227. The highest BCUT2D eigenvalue weighted by Gasteiger charge is 2.47. The molecule has 31 heavy (non-hydrogen) atoms. The quantitative estimate of drug-likeness (QED) is 0.355. The summed E-state index contributed by atoms with van der Waals surface area (Å²) >= 11 is 0. The summed E-state index contributed by atoms with van der Waals surface area (Å²) in [6.07, 6.45) is 7.10. The van der Waals surface area contributed by atoms with Crippen LogP contribution in [0.1, 0.15) is 23.8 Å². The number of rotatable bonds is 7. The lowest BCUT2D eigenvalue weighted by atomic mass is 9.99. The molecular formula is C22H20FN3O5. The molecule has 1 aliphatic heterocycles. The predicted octanol–water partition coefficient (Wildman–Crippen LogP) is 3.14. The van der Waals surface area contributed by atoms with E-state index in [1.165, 1.54) is 30.4 Å². The van der Waals surface area contributed by atoms with Gasteiger partial charge in [0.15, 0.2) is 11.6 Å². The Morgan fingerprint density at radius 2 is 2.13 bits per heavy atom. The van der Waals surface area contributed by atoms with E-state index in [9.17, 15) is 19.1 Å². The third kappa shape index (κ3) is 3.81. The van der Waals surface area contributed by atoms with Gasteiger partial charge >= 0.3 is 0 Å². The number of ether oxygens (including phenoxy) is 1. The maximum atomic E-state index is 14.2. The molecule has 0 unspecified atom stereocenters. The summed E-state index contributed by atoms with van der Waals surface area (Å²) in [5.74, 6) is -2.44. The van der Waals surface area contributed by atoms with Gasteiger partial charge in [-0.25, -0.2) is 9.37 Å². The number of aromatic nitrogens is 2. The zero-order valence-electron chi connectivity index (χ0n) is 16.7. The molecule has 1 N–H and O–H groups in total. The Labute approximate surface area is 177 Å². The average molecular weight is 425 g/mol. The molecule has 9 heteroatoms. The van der Waals surface area contributed by atoms with E-state index in [0.717, 1.165) is 6.07 Å². The predicted molar refractivity (Wildman–Crippen MR) is 108 cm³/mol. The maximum Gasteiger partial charge on any atom is 0.295 e. The summed E-state index contributed by atoms with van der Waals surface area (Å²) in [4.78, 5) is 31.0. The standard InChI is InChI=1S/C22H20FN3O5/c1-30-16-6-5-14(12-15(16)23)20(27)18-19(17-4-2-11-31-17)26(22(29)21(18)28)9-3-8-25-10-7-24-13-25/h2,4-7,10-13,19,27H,3,8-9H2,1H3/t19-/m0/s1. The number of likely N-dealkylation sites (tertiary alicyclic amines) is 1. The number of aliphatic hydroxyl groups is 1. The summed E-state index contributed by atoms with van der Waals surface area (Å²) in [6, 6.07) is 6.16. The molecule has 1 atom stereocenters. The van der Waals surface area contributed by atoms with Crippen LogP contribution in [0, 0.1) is 5.82 Å². The van der Waals surface area contributed by atoms with Gasteiger partial charge < -0.3 is 23.7 Å². The van der Waals surface area contributed by atoms with Crippen molar-refractivity contribution in [3.05, 3.63) is 78.0 Å². The van der Waals surface area contributed by atoms with Crippen LogP contribution in [0.25, 0.3) is 5.76 Å². The first-order valence-corrected chi connectivity index (χ1v) is 9.62. The largest absolute Gasteiger partial charge is 0.507 e. The zero-order chi connectivity index (χ0) is 22.0. The molecule has 0 saturated carbocycles. The van der Waals surface area contributed by atoms with Crippen molar-refractivity contribution in [3.63, 3.8) is 0 Å². The number of ketones is 1. The minimum Gasteiger partial charge on any atom is -0.507 e. The number of furan rings is 1. The number of aliphatic hydroxyl groups excluding tert-OH is 1. The number of hydrogen-bond donors (Lipinski definition) is 1. The molecular weight excluding hydrogens is 405 g/mol. The van der Waals surface area contributed by atoms with Gasteiger partial charge in [0, 0.05) is 31.0 Å². The SMILES string of the molecule is COc1ccc(C(O)=C2C(=O)C(=O)N(CCCn3ccnc3)[C@H]2c2ccco2)cc1F. The molecule has 1 aromatic carbocycles. The monoisotopic (exact) mass is 425 g/mol. The summed E-state index contributed by atoms with van der Waals surface area (Å²) in [6.45, 7) is 0.847. The van der Waals surface area contributed by atoms with E-state index < -0.39 is 29.3 Å². The summed E-state index contributed by atoms with van der Waals surface area (Å²) in [5, 5.41) is 10.9. The molecule has 0 bridgehead atoms. The molecule has 1 fully saturated rings. The van der Waals surface area contributed by atoms with Crippen molar-refractivity contribution < 1.29 is 28.2 Å². The van der Waals surface area contributed by atoms with Crippen LogP contribution < -0.4 is 4.74 Å². The Morgan fingerprint density at radius 3 is 2.77 bits per heavy atom. The van der Waals surface area contributed by atoms with Crippen LogP contribution in [0.5, 0.6) is 5.75 Å². The van der Waals surface area contributed by atoms with Gasteiger partial charge in [-0.3, -0.25) is 9.59 Å². The van der Waals surface area contributed by atoms with Crippen LogP contribution in [0.3, 0.4) is 0 Å². The molecule has 0 spiro atoms. The van der Waals surface area contributed by atoms with Crippen molar-refractivity contribution in [2.45, 2.75) is 19.0 Å². The number of amides is 1. The second-order valence-corrected chi connectivity index (χ2v) is 7.01. The third-order valence-corrected chi connectivity index (χ3v) is 5.15. The number of nitrogens with zero attached hydrogens (tertiary/aromatic N) is 3. The first-order valence-electron chi connectivity index (χ1n) is 9.62. The van der Waals surface area contributed by atoms with Crippen molar-refractivity contribution in [1.29, 1.82) is 0 Å². The molecule has 4 rings (SSSR count). The van der Waals surface area contributed by atoms with Gasteiger partial charge in [-0.05, 0) is 36.8 Å².